The van der Waals surface area contributed by atoms with Gasteiger partial charge in [0.05, 0.1) is 6.61 Å². The zero-order valence-electron chi connectivity index (χ0n) is 19.0. The minimum atomic E-state index is -0.375. The average molecular weight is 418 g/mol. The van der Waals surface area contributed by atoms with Gasteiger partial charge in [0.15, 0.2) is 0 Å². The van der Waals surface area contributed by atoms with Crippen molar-refractivity contribution in [3.05, 3.63) is 58.7 Å². The van der Waals surface area contributed by atoms with Crippen LogP contribution in [-0.4, -0.2) is 30.9 Å². The maximum absolute atomic E-state index is 11.7. The third-order valence-corrected chi connectivity index (χ3v) is 5.68. The fourth-order valence-corrected chi connectivity index (χ4v) is 3.81. The third kappa shape index (κ3) is 9.22. The van der Waals surface area contributed by atoms with E-state index in [1.54, 1.807) is 6.92 Å². The Morgan fingerprint density at radius 3 is 2.62 bits per heavy atom. The van der Waals surface area contributed by atoms with Gasteiger partial charge in [-0.15, -0.1) is 0 Å². The van der Waals surface area contributed by atoms with Gasteiger partial charge in [-0.05, 0) is 57.9 Å². The van der Waals surface area contributed by atoms with Gasteiger partial charge in [-0.1, -0.05) is 67.0 Å². The molecule has 0 aliphatic heterocycles. The number of nitrogens with one attached hydrogen (secondary N) is 1. The fraction of sp³-hybridized carbons (Fsp3) is 0.560. The van der Waals surface area contributed by atoms with Crippen LogP contribution in [0.15, 0.2) is 58.7 Å². The average Bonchev–Trinajstić information content (AvgIpc) is 2.64. The number of hydrogen-bond donors (Lipinski definition) is 2. The summed E-state index contributed by atoms with van der Waals surface area (Å²) in [6.45, 7) is 13.9. The van der Waals surface area contributed by atoms with Crippen molar-refractivity contribution in [2.75, 3.05) is 18.9 Å². The molecule has 1 aliphatic rings. The van der Waals surface area contributed by atoms with E-state index in [0.717, 1.165) is 5.57 Å². The highest BCUT2D eigenvalue weighted by molar-refractivity contribution is 7.80. The molecule has 0 heterocycles. The number of allylic oxidation sites excluding steroid dienone is 9. The summed E-state index contributed by atoms with van der Waals surface area (Å²) in [6, 6.07) is -0.375. The van der Waals surface area contributed by atoms with Crippen LogP contribution >= 0.6 is 12.6 Å². The number of rotatable bonds is 10. The van der Waals surface area contributed by atoms with E-state index in [2.05, 4.69) is 89.0 Å². The van der Waals surface area contributed by atoms with Crippen molar-refractivity contribution < 1.29 is 9.53 Å². The molecule has 0 unspecified atom stereocenters. The lowest BCUT2D eigenvalue weighted by atomic mass is 9.72. The molecule has 0 aromatic rings. The monoisotopic (exact) mass is 417 g/mol. The Kier molecular flexibility index (Phi) is 11.4. The van der Waals surface area contributed by atoms with Crippen LogP contribution in [0.1, 0.15) is 60.8 Å². The number of carbonyl (C=O) groups excluding carboxylic acids is 1. The molecule has 1 aliphatic carbocycles. The van der Waals surface area contributed by atoms with Gasteiger partial charge in [0, 0.05) is 12.3 Å². The molecule has 3 nitrogen and oxygen atoms in total. The number of esters is 1. The van der Waals surface area contributed by atoms with Crippen molar-refractivity contribution in [2.24, 2.45) is 5.41 Å². The second-order valence-electron chi connectivity index (χ2n) is 8.38. The van der Waals surface area contributed by atoms with Crippen LogP contribution in [0, 0.1) is 5.41 Å². The van der Waals surface area contributed by atoms with Gasteiger partial charge >= 0.3 is 5.97 Å². The summed E-state index contributed by atoms with van der Waals surface area (Å²) in [7, 11) is 0. The molecule has 1 atom stereocenters. The first-order chi connectivity index (χ1) is 13.7. The smallest absolute Gasteiger partial charge is 0.323 e. The highest BCUT2D eigenvalue weighted by Gasteiger charge is 2.26. The largest absolute Gasteiger partial charge is 0.465 e. The van der Waals surface area contributed by atoms with E-state index < -0.39 is 0 Å². The quantitative estimate of drug-likeness (QED) is 0.261. The van der Waals surface area contributed by atoms with E-state index >= 15 is 0 Å². The van der Waals surface area contributed by atoms with E-state index in [-0.39, 0.29) is 17.4 Å². The van der Waals surface area contributed by atoms with Gasteiger partial charge in [0.25, 0.3) is 0 Å². The van der Waals surface area contributed by atoms with E-state index in [1.807, 2.05) is 0 Å². The van der Waals surface area contributed by atoms with Gasteiger partial charge in [0.1, 0.15) is 6.04 Å². The summed E-state index contributed by atoms with van der Waals surface area (Å²) in [4.78, 5) is 11.7. The molecule has 0 aromatic carbocycles. The molecule has 4 heteroatoms. The SMILES string of the molecule is CCOC(=O)[C@H](CS)NC/C=C(/C)C=CC=C(C)C=CC1=C(C)CCCC1(C)C. The minimum absolute atomic E-state index is 0.249. The lowest BCUT2D eigenvalue weighted by Gasteiger charge is -2.32. The van der Waals surface area contributed by atoms with Crippen LogP contribution in [0.5, 0.6) is 0 Å². The number of thiol groups is 1. The van der Waals surface area contributed by atoms with E-state index in [0.29, 0.717) is 18.9 Å². The van der Waals surface area contributed by atoms with Crippen LogP contribution in [-0.2, 0) is 9.53 Å². The summed E-state index contributed by atoms with van der Waals surface area (Å²) in [5.41, 5.74) is 5.65. The molecular formula is C25H39NO2S. The zero-order chi connectivity index (χ0) is 21.9. The highest BCUT2D eigenvalue weighted by Crippen LogP contribution is 2.40. The van der Waals surface area contributed by atoms with E-state index in [1.165, 1.54) is 36.0 Å². The molecule has 0 radical (unpaired) electrons. The first-order valence-corrected chi connectivity index (χ1v) is 11.3. The lowest BCUT2D eigenvalue weighted by molar-refractivity contribution is -0.144. The topological polar surface area (TPSA) is 38.3 Å². The van der Waals surface area contributed by atoms with Gasteiger partial charge in [-0.3, -0.25) is 4.79 Å². The summed E-state index contributed by atoms with van der Waals surface area (Å²) in [6.07, 6.45) is 16.6. The molecule has 0 spiro atoms. The molecule has 29 heavy (non-hydrogen) atoms. The second kappa shape index (κ2) is 12.9. The van der Waals surface area contributed by atoms with Crippen LogP contribution < -0.4 is 5.32 Å². The lowest BCUT2D eigenvalue weighted by Crippen LogP contribution is -2.39. The van der Waals surface area contributed by atoms with E-state index in [9.17, 15) is 4.79 Å². The Labute approximate surface area is 183 Å². The van der Waals surface area contributed by atoms with Crippen molar-refractivity contribution in [1.29, 1.82) is 0 Å². The normalized spacial score (nSPS) is 19.3. The predicted molar refractivity (Wildman–Crippen MR) is 128 cm³/mol. The Balaban J connectivity index is 2.60. The number of hydrogen-bond acceptors (Lipinski definition) is 4. The van der Waals surface area contributed by atoms with Crippen LogP contribution in [0.3, 0.4) is 0 Å². The Morgan fingerprint density at radius 2 is 2.00 bits per heavy atom. The van der Waals surface area contributed by atoms with Gasteiger partial charge in [-0.25, -0.2) is 0 Å². The van der Waals surface area contributed by atoms with Crippen molar-refractivity contribution in [3.8, 4) is 0 Å². The van der Waals surface area contributed by atoms with Crippen LogP contribution in [0.25, 0.3) is 0 Å². The molecule has 0 fully saturated rings. The minimum Gasteiger partial charge on any atom is -0.465 e. The Bertz CT molecular complexity index is 696. The second-order valence-corrected chi connectivity index (χ2v) is 8.74. The first kappa shape index (κ1) is 25.5. The van der Waals surface area contributed by atoms with Crippen molar-refractivity contribution >= 4 is 18.6 Å². The summed E-state index contributed by atoms with van der Waals surface area (Å²) in [5, 5.41) is 3.16. The molecular weight excluding hydrogens is 378 g/mol. The highest BCUT2D eigenvalue weighted by atomic mass is 32.1. The molecule has 1 N–H and O–H groups in total. The zero-order valence-corrected chi connectivity index (χ0v) is 19.9. The Morgan fingerprint density at radius 1 is 1.28 bits per heavy atom. The van der Waals surface area contributed by atoms with E-state index in [4.69, 9.17) is 4.74 Å². The summed E-state index contributed by atoms with van der Waals surface area (Å²) in [5.74, 6) is 0.170. The molecule has 0 saturated carbocycles. The maximum atomic E-state index is 11.7. The third-order valence-electron chi connectivity index (χ3n) is 5.32. The van der Waals surface area contributed by atoms with Gasteiger partial charge in [-0.2, -0.15) is 12.6 Å². The van der Waals surface area contributed by atoms with Crippen molar-refractivity contribution in [1.82, 2.24) is 5.32 Å². The van der Waals surface area contributed by atoms with Crippen LogP contribution in [0.2, 0.25) is 0 Å². The standard InChI is InChI=1S/C25H39NO2S/c1-7-28-24(27)23(18-29)26-17-15-20(3)11-8-10-19(2)13-14-22-21(4)12-9-16-25(22,5)6/h8,10-11,13-15,23,26,29H,7,9,12,16-18H2,1-6H3/b11-8?,14-13?,19-10?,20-15-/t23-/m0/s1. The first-order valence-electron chi connectivity index (χ1n) is 10.6. The van der Waals surface area contributed by atoms with Crippen molar-refractivity contribution in [3.63, 3.8) is 0 Å². The van der Waals surface area contributed by atoms with Gasteiger partial charge in [0.2, 0.25) is 0 Å². The molecule has 0 aromatic heterocycles. The summed E-state index contributed by atoms with van der Waals surface area (Å²) >= 11 is 4.21. The predicted octanol–water partition coefficient (Wildman–Crippen LogP) is 5.97. The molecule has 0 bridgehead atoms. The van der Waals surface area contributed by atoms with Crippen molar-refractivity contribution in [2.45, 2.75) is 66.8 Å². The molecule has 0 saturated heterocycles. The number of carbonyl (C=O) groups is 1. The maximum Gasteiger partial charge on any atom is 0.323 e. The molecule has 1 rings (SSSR count). The fourth-order valence-electron chi connectivity index (χ4n) is 3.53. The Hall–Kier alpha value is -1.52. The molecule has 0 amide bonds. The van der Waals surface area contributed by atoms with Crippen LogP contribution in [0.4, 0.5) is 0 Å². The molecule has 162 valence electrons. The summed E-state index contributed by atoms with van der Waals surface area (Å²) < 4.78 is 5.03. The van der Waals surface area contributed by atoms with Gasteiger partial charge < -0.3 is 10.1 Å². The number of ether oxygens (including phenoxy) is 1.